The van der Waals surface area contributed by atoms with E-state index in [9.17, 15) is 4.79 Å². The van der Waals surface area contributed by atoms with Crippen molar-refractivity contribution in [2.45, 2.75) is 13.3 Å². The molecule has 0 aliphatic rings. The molecular weight excluding hydrogens is 266 g/mol. The molecule has 0 fully saturated rings. The van der Waals surface area contributed by atoms with E-state index in [4.69, 9.17) is 9.47 Å². The summed E-state index contributed by atoms with van der Waals surface area (Å²) in [7, 11) is 1.59. The second-order valence-corrected chi connectivity index (χ2v) is 4.70. The summed E-state index contributed by atoms with van der Waals surface area (Å²) in [6.07, 6.45) is 0.297. The van der Waals surface area contributed by atoms with Crippen LogP contribution >= 0.6 is 0 Å². The lowest BCUT2D eigenvalue weighted by Gasteiger charge is -2.08. The topological polar surface area (TPSA) is 47.6 Å². The SMILES string of the molecule is COc1cccc(NC(=O)CCOc2cccc(C)c2)c1. The van der Waals surface area contributed by atoms with Crippen molar-refractivity contribution in [2.75, 3.05) is 19.0 Å². The van der Waals surface area contributed by atoms with Crippen LogP contribution in [0.4, 0.5) is 5.69 Å². The molecule has 1 amide bonds. The largest absolute Gasteiger partial charge is 0.497 e. The van der Waals surface area contributed by atoms with Crippen LogP contribution in [-0.4, -0.2) is 19.6 Å². The number of carbonyl (C=O) groups excluding carboxylic acids is 1. The Balaban J connectivity index is 1.79. The lowest BCUT2D eigenvalue weighted by atomic mass is 10.2. The van der Waals surface area contributed by atoms with E-state index in [1.807, 2.05) is 49.4 Å². The highest BCUT2D eigenvalue weighted by atomic mass is 16.5. The zero-order chi connectivity index (χ0) is 15.1. The molecule has 0 radical (unpaired) electrons. The predicted octanol–water partition coefficient (Wildman–Crippen LogP) is 3.41. The summed E-state index contributed by atoms with van der Waals surface area (Å²) in [6, 6.07) is 15.0. The van der Waals surface area contributed by atoms with Crippen LogP contribution in [-0.2, 0) is 4.79 Å². The molecule has 0 saturated heterocycles. The molecule has 4 heteroatoms. The van der Waals surface area contributed by atoms with Gasteiger partial charge >= 0.3 is 0 Å². The summed E-state index contributed by atoms with van der Waals surface area (Å²) in [5.41, 5.74) is 1.85. The van der Waals surface area contributed by atoms with Crippen LogP contribution in [0.1, 0.15) is 12.0 Å². The minimum atomic E-state index is -0.0871. The third-order valence-electron chi connectivity index (χ3n) is 2.94. The first-order valence-electron chi connectivity index (χ1n) is 6.81. The van der Waals surface area contributed by atoms with Gasteiger partial charge in [-0.25, -0.2) is 0 Å². The Kier molecular flexibility index (Phi) is 5.21. The highest BCUT2D eigenvalue weighted by Gasteiger charge is 2.04. The zero-order valence-electron chi connectivity index (χ0n) is 12.3. The van der Waals surface area contributed by atoms with Gasteiger partial charge in [-0.15, -0.1) is 0 Å². The maximum atomic E-state index is 11.8. The number of nitrogens with one attached hydrogen (secondary N) is 1. The Morgan fingerprint density at radius 3 is 2.62 bits per heavy atom. The van der Waals surface area contributed by atoms with Crippen molar-refractivity contribution < 1.29 is 14.3 Å². The van der Waals surface area contributed by atoms with Gasteiger partial charge in [0.05, 0.1) is 20.1 Å². The Bertz CT molecular complexity index is 610. The Morgan fingerprint density at radius 2 is 1.86 bits per heavy atom. The number of ether oxygens (including phenoxy) is 2. The van der Waals surface area contributed by atoms with E-state index in [1.54, 1.807) is 13.2 Å². The molecular formula is C17H19NO3. The van der Waals surface area contributed by atoms with E-state index < -0.39 is 0 Å². The first-order valence-corrected chi connectivity index (χ1v) is 6.81. The molecule has 0 aromatic heterocycles. The minimum Gasteiger partial charge on any atom is -0.497 e. The first kappa shape index (κ1) is 14.9. The molecule has 4 nitrogen and oxygen atoms in total. The lowest BCUT2D eigenvalue weighted by Crippen LogP contribution is -2.15. The van der Waals surface area contributed by atoms with E-state index in [0.29, 0.717) is 18.8 Å². The highest BCUT2D eigenvalue weighted by Crippen LogP contribution is 2.17. The number of carbonyl (C=O) groups is 1. The van der Waals surface area contributed by atoms with Crippen molar-refractivity contribution in [3.8, 4) is 11.5 Å². The van der Waals surface area contributed by atoms with Crippen molar-refractivity contribution in [2.24, 2.45) is 0 Å². The van der Waals surface area contributed by atoms with Crippen LogP contribution in [0, 0.1) is 6.92 Å². The van der Waals surface area contributed by atoms with E-state index in [-0.39, 0.29) is 5.91 Å². The Morgan fingerprint density at radius 1 is 1.10 bits per heavy atom. The summed E-state index contributed by atoms with van der Waals surface area (Å²) in [5.74, 6) is 1.41. The van der Waals surface area contributed by atoms with Crippen molar-refractivity contribution in [1.82, 2.24) is 0 Å². The van der Waals surface area contributed by atoms with Crippen molar-refractivity contribution in [3.63, 3.8) is 0 Å². The molecule has 0 heterocycles. The Hall–Kier alpha value is -2.49. The van der Waals surface area contributed by atoms with Crippen LogP contribution in [0.5, 0.6) is 11.5 Å². The molecule has 0 saturated carbocycles. The molecule has 0 bridgehead atoms. The fourth-order valence-electron chi connectivity index (χ4n) is 1.89. The first-order chi connectivity index (χ1) is 10.2. The Labute approximate surface area is 124 Å². The van der Waals surface area contributed by atoms with Gasteiger partial charge in [-0.05, 0) is 36.8 Å². The van der Waals surface area contributed by atoms with Crippen molar-refractivity contribution in [1.29, 1.82) is 0 Å². The highest BCUT2D eigenvalue weighted by molar-refractivity contribution is 5.90. The number of benzene rings is 2. The molecule has 110 valence electrons. The molecule has 0 atom stereocenters. The zero-order valence-corrected chi connectivity index (χ0v) is 12.3. The van der Waals surface area contributed by atoms with Crippen molar-refractivity contribution in [3.05, 3.63) is 54.1 Å². The quantitative estimate of drug-likeness (QED) is 0.884. The summed E-state index contributed by atoms with van der Waals surface area (Å²) < 4.78 is 10.7. The number of hydrogen-bond acceptors (Lipinski definition) is 3. The van der Waals surface area contributed by atoms with Gasteiger partial charge in [0, 0.05) is 11.8 Å². The van der Waals surface area contributed by atoms with Gasteiger partial charge in [-0.3, -0.25) is 4.79 Å². The van der Waals surface area contributed by atoms with Crippen molar-refractivity contribution >= 4 is 11.6 Å². The predicted molar refractivity (Wildman–Crippen MR) is 82.9 cm³/mol. The molecule has 1 N–H and O–H groups in total. The van der Waals surface area contributed by atoms with E-state index in [2.05, 4.69) is 5.32 Å². The lowest BCUT2D eigenvalue weighted by molar-refractivity contribution is -0.116. The molecule has 21 heavy (non-hydrogen) atoms. The van der Waals surface area contributed by atoms with Crippen LogP contribution in [0.25, 0.3) is 0 Å². The van der Waals surface area contributed by atoms with Gasteiger partial charge < -0.3 is 14.8 Å². The third-order valence-corrected chi connectivity index (χ3v) is 2.94. The van der Waals surface area contributed by atoms with E-state index in [0.717, 1.165) is 17.0 Å². The van der Waals surface area contributed by atoms with Crippen LogP contribution in [0.3, 0.4) is 0 Å². The van der Waals surface area contributed by atoms with Gasteiger partial charge in [0.15, 0.2) is 0 Å². The average Bonchev–Trinajstić information content (AvgIpc) is 2.47. The fraction of sp³-hybridized carbons (Fsp3) is 0.235. The number of methoxy groups -OCH3 is 1. The normalized spacial score (nSPS) is 10.0. The third kappa shape index (κ3) is 4.84. The standard InChI is InChI=1S/C17H19NO3/c1-13-5-3-8-16(11-13)21-10-9-17(19)18-14-6-4-7-15(12-14)20-2/h3-8,11-12H,9-10H2,1-2H3,(H,18,19). The van der Waals surface area contributed by atoms with Crippen LogP contribution in [0.15, 0.2) is 48.5 Å². The average molecular weight is 285 g/mol. The van der Waals surface area contributed by atoms with Gasteiger partial charge in [0.2, 0.25) is 5.91 Å². The smallest absolute Gasteiger partial charge is 0.227 e. The minimum absolute atomic E-state index is 0.0871. The summed E-state index contributed by atoms with van der Waals surface area (Å²) in [5, 5.41) is 2.82. The number of rotatable bonds is 6. The maximum Gasteiger partial charge on any atom is 0.227 e. The monoisotopic (exact) mass is 285 g/mol. The number of hydrogen-bond donors (Lipinski definition) is 1. The van der Waals surface area contributed by atoms with E-state index in [1.165, 1.54) is 0 Å². The van der Waals surface area contributed by atoms with Crippen LogP contribution in [0.2, 0.25) is 0 Å². The van der Waals surface area contributed by atoms with E-state index >= 15 is 0 Å². The summed E-state index contributed by atoms with van der Waals surface area (Å²) >= 11 is 0. The number of amides is 1. The number of aryl methyl sites for hydroxylation is 1. The maximum absolute atomic E-state index is 11.8. The second kappa shape index (κ2) is 7.33. The van der Waals surface area contributed by atoms with Gasteiger partial charge in [-0.1, -0.05) is 18.2 Å². The molecule has 0 aliphatic heterocycles. The summed E-state index contributed by atoms with van der Waals surface area (Å²) in [6.45, 7) is 2.35. The molecule has 2 aromatic carbocycles. The molecule has 2 aromatic rings. The van der Waals surface area contributed by atoms with Gasteiger partial charge in [0.1, 0.15) is 11.5 Å². The molecule has 0 unspecified atom stereocenters. The van der Waals surface area contributed by atoms with Gasteiger partial charge in [0.25, 0.3) is 0 Å². The number of anilines is 1. The van der Waals surface area contributed by atoms with Gasteiger partial charge in [-0.2, -0.15) is 0 Å². The second-order valence-electron chi connectivity index (χ2n) is 4.70. The molecule has 0 aliphatic carbocycles. The molecule has 2 rings (SSSR count). The fourth-order valence-corrected chi connectivity index (χ4v) is 1.89. The summed E-state index contributed by atoms with van der Waals surface area (Å²) in [4.78, 5) is 11.8. The molecule has 0 spiro atoms. The van der Waals surface area contributed by atoms with Crippen LogP contribution < -0.4 is 14.8 Å².